The van der Waals surface area contributed by atoms with E-state index >= 15 is 0 Å². The summed E-state index contributed by atoms with van der Waals surface area (Å²) >= 11 is 5.72. The lowest BCUT2D eigenvalue weighted by Crippen LogP contribution is -2.23. The van der Waals surface area contributed by atoms with Crippen molar-refractivity contribution in [3.8, 4) is 5.75 Å². The number of benzene rings is 2. The quantitative estimate of drug-likeness (QED) is 0.851. The van der Waals surface area contributed by atoms with Crippen LogP contribution in [0.25, 0.3) is 0 Å². The molecule has 0 bridgehead atoms. The first-order valence-electron chi connectivity index (χ1n) is 6.26. The zero-order valence-corrected chi connectivity index (χ0v) is 13.0. The molecule has 0 aliphatic rings. The van der Waals surface area contributed by atoms with Crippen LogP contribution in [0.4, 0.5) is 13.2 Å². The molecule has 9 heteroatoms. The summed E-state index contributed by atoms with van der Waals surface area (Å²) in [7, 11) is -3.93. The van der Waals surface area contributed by atoms with Gasteiger partial charge in [-0.25, -0.2) is 17.5 Å². The molecule has 0 spiro atoms. The van der Waals surface area contributed by atoms with Gasteiger partial charge in [0.15, 0.2) is 0 Å². The van der Waals surface area contributed by atoms with Crippen molar-refractivity contribution in [2.75, 3.05) is 0 Å². The van der Waals surface area contributed by atoms with E-state index in [4.69, 9.17) is 11.6 Å². The molecule has 0 saturated carbocycles. The Morgan fingerprint density at radius 1 is 1.13 bits per heavy atom. The summed E-state index contributed by atoms with van der Waals surface area (Å²) in [4.78, 5) is -0.252. The van der Waals surface area contributed by atoms with Gasteiger partial charge in [0, 0.05) is 6.54 Å². The maximum absolute atomic E-state index is 12.9. The van der Waals surface area contributed by atoms with E-state index < -0.39 is 22.5 Å². The fourth-order valence-corrected chi connectivity index (χ4v) is 3.28. The lowest BCUT2D eigenvalue weighted by Gasteiger charge is -2.09. The van der Waals surface area contributed by atoms with Gasteiger partial charge in [0.1, 0.15) is 16.5 Å². The molecule has 0 fully saturated rings. The van der Waals surface area contributed by atoms with E-state index in [-0.39, 0.29) is 22.2 Å². The third-order valence-electron chi connectivity index (χ3n) is 2.80. The second-order valence-corrected chi connectivity index (χ2v) is 6.56. The lowest BCUT2D eigenvalue weighted by molar-refractivity contribution is -0.0498. The molecule has 0 unspecified atom stereocenters. The molecule has 0 aromatic heterocycles. The highest BCUT2D eigenvalue weighted by atomic mass is 35.5. The number of ether oxygens (including phenoxy) is 1. The molecule has 2 rings (SSSR count). The third-order valence-corrected chi connectivity index (χ3v) is 4.68. The van der Waals surface area contributed by atoms with E-state index in [1.165, 1.54) is 24.3 Å². The van der Waals surface area contributed by atoms with Crippen LogP contribution >= 0.6 is 11.6 Å². The zero-order valence-electron chi connectivity index (χ0n) is 11.5. The van der Waals surface area contributed by atoms with Crippen LogP contribution in [0.3, 0.4) is 0 Å². The normalized spacial score (nSPS) is 11.7. The Kier molecular flexibility index (Phi) is 5.51. The first-order valence-corrected chi connectivity index (χ1v) is 8.12. The fraction of sp³-hybridized carbons (Fsp3) is 0.143. The average Bonchev–Trinajstić information content (AvgIpc) is 2.45. The Morgan fingerprint density at radius 2 is 1.78 bits per heavy atom. The second-order valence-electron chi connectivity index (χ2n) is 4.42. The third kappa shape index (κ3) is 4.85. The molecule has 0 aliphatic heterocycles. The van der Waals surface area contributed by atoms with Gasteiger partial charge in [-0.3, -0.25) is 0 Å². The van der Waals surface area contributed by atoms with E-state index in [0.717, 1.165) is 18.2 Å². The predicted octanol–water partition coefficient (Wildman–Crippen LogP) is 3.56. The van der Waals surface area contributed by atoms with Crippen LogP contribution in [0.5, 0.6) is 5.75 Å². The number of alkyl halides is 2. The summed E-state index contributed by atoms with van der Waals surface area (Å²) in [5.41, 5.74) is 0.522. The highest BCUT2D eigenvalue weighted by Crippen LogP contribution is 2.22. The summed E-state index contributed by atoms with van der Waals surface area (Å²) in [6.45, 7) is -3.02. The van der Waals surface area contributed by atoms with Crippen LogP contribution in [-0.4, -0.2) is 15.0 Å². The lowest BCUT2D eigenvalue weighted by atomic mass is 10.2. The van der Waals surface area contributed by atoms with Gasteiger partial charge in [0.05, 0.1) is 5.02 Å². The van der Waals surface area contributed by atoms with Crippen molar-refractivity contribution < 1.29 is 26.3 Å². The van der Waals surface area contributed by atoms with Gasteiger partial charge >= 0.3 is 6.61 Å². The van der Waals surface area contributed by atoms with Crippen LogP contribution in [0.15, 0.2) is 47.4 Å². The van der Waals surface area contributed by atoms with Crippen molar-refractivity contribution in [2.24, 2.45) is 0 Å². The number of nitrogens with one attached hydrogen (secondary N) is 1. The zero-order chi connectivity index (χ0) is 17.0. The van der Waals surface area contributed by atoms with Crippen LogP contribution < -0.4 is 9.46 Å². The van der Waals surface area contributed by atoms with Crippen LogP contribution in [-0.2, 0) is 16.6 Å². The first kappa shape index (κ1) is 17.6. The maximum atomic E-state index is 12.9. The van der Waals surface area contributed by atoms with Gasteiger partial charge in [0.25, 0.3) is 0 Å². The molecule has 0 amide bonds. The van der Waals surface area contributed by atoms with Gasteiger partial charge in [0.2, 0.25) is 10.0 Å². The maximum Gasteiger partial charge on any atom is 0.387 e. The minimum absolute atomic E-state index is 0.0341. The van der Waals surface area contributed by atoms with Gasteiger partial charge in [-0.1, -0.05) is 23.7 Å². The number of halogens is 4. The number of hydrogen-bond acceptors (Lipinski definition) is 3. The van der Waals surface area contributed by atoms with Gasteiger partial charge in [-0.15, -0.1) is 0 Å². The monoisotopic (exact) mass is 365 g/mol. The van der Waals surface area contributed by atoms with E-state index in [1.807, 2.05) is 0 Å². The summed E-state index contributed by atoms with van der Waals surface area (Å²) in [5.74, 6) is -0.684. The first-order chi connectivity index (χ1) is 10.8. The summed E-state index contributed by atoms with van der Waals surface area (Å²) in [5, 5.41) is -0.238. The molecule has 0 heterocycles. The average molecular weight is 366 g/mol. The molecule has 2 aromatic rings. The standard InChI is InChI=1S/C14H11ClF3NO3S/c15-12-7-10(16)3-6-13(12)23(20,21)19-8-9-1-4-11(5-2-9)22-14(17)18/h1-7,14,19H,8H2. The highest BCUT2D eigenvalue weighted by Gasteiger charge is 2.18. The van der Waals surface area contributed by atoms with Crippen molar-refractivity contribution in [2.45, 2.75) is 18.1 Å². The van der Waals surface area contributed by atoms with Gasteiger partial charge in [-0.05, 0) is 35.9 Å². The number of rotatable bonds is 6. The molecule has 0 saturated heterocycles. The summed E-state index contributed by atoms with van der Waals surface area (Å²) in [6, 6.07) is 8.39. The van der Waals surface area contributed by atoms with Crippen molar-refractivity contribution in [1.82, 2.24) is 4.72 Å². The van der Waals surface area contributed by atoms with E-state index in [1.54, 1.807) is 0 Å². The highest BCUT2D eigenvalue weighted by molar-refractivity contribution is 7.89. The SMILES string of the molecule is O=S(=O)(NCc1ccc(OC(F)F)cc1)c1ccc(F)cc1Cl. The minimum Gasteiger partial charge on any atom is -0.435 e. The molecule has 2 aromatic carbocycles. The summed E-state index contributed by atoms with van der Waals surface area (Å²) in [6.07, 6.45) is 0. The Hall–Kier alpha value is -1.77. The van der Waals surface area contributed by atoms with E-state index in [0.29, 0.717) is 5.56 Å². The molecule has 0 atom stereocenters. The summed E-state index contributed by atoms with van der Waals surface area (Å²) < 4.78 is 67.7. The molecular weight excluding hydrogens is 355 g/mol. The molecule has 1 N–H and O–H groups in total. The minimum atomic E-state index is -3.93. The second kappa shape index (κ2) is 7.20. The predicted molar refractivity (Wildman–Crippen MR) is 78.5 cm³/mol. The Labute approximate surface area is 135 Å². The van der Waals surface area contributed by atoms with E-state index in [2.05, 4.69) is 9.46 Å². The Bertz CT molecular complexity index is 782. The van der Waals surface area contributed by atoms with Crippen LogP contribution in [0, 0.1) is 5.82 Å². The molecular formula is C14H11ClF3NO3S. The van der Waals surface area contributed by atoms with Crippen molar-refractivity contribution in [3.05, 3.63) is 58.9 Å². The smallest absolute Gasteiger partial charge is 0.387 e. The molecule has 124 valence electrons. The molecule has 0 aliphatic carbocycles. The topological polar surface area (TPSA) is 55.4 Å². The van der Waals surface area contributed by atoms with Crippen molar-refractivity contribution in [3.63, 3.8) is 0 Å². The van der Waals surface area contributed by atoms with Gasteiger partial charge < -0.3 is 4.74 Å². The molecule has 4 nitrogen and oxygen atoms in total. The van der Waals surface area contributed by atoms with Gasteiger partial charge in [-0.2, -0.15) is 8.78 Å². The van der Waals surface area contributed by atoms with Crippen molar-refractivity contribution in [1.29, 1.82) is 0 Å². The fourth-order valence-electron chi connectivity index (χ4n) is 1.74. The Morgan fingerprint density at radius 3 is 2.35 bits per heavy atom. The number of sulfonamides is 1. The number of hydrogen-bond donors (Lipinski definition) is 1. The molecule has 0 radical (unpaired) electrons. The molecule has 23 heavy (non-hydrogen) atoms. The van der Waals surface area contributed by atoms with Crippen LogP contribution in [0.1, 0.15) is 5.56 Å². The largest absolute Gasteiger partial charge is 0.435 e. The van der Waals surface area contributed by atoms with Crippen LogP contribution in [0.2, 0.25) is 5.02 Å². The van der Waals surface area contributed by atoms with Crippen molar-refractivity contribution >= 4 is 21.6 Å². The Balaban J connectivity index is 2.07. The van der Waals surface area contributed by atoms with E-state index in [9.17, 15) is 21.6 Å².